The number of benzene rings is 1. The number of nitriles is 1. The summed E-state index contributed by atoms with van der Waals surface area (Å²) in [6, 6.07) is 6.13. The summed E-state index contributed by atoms with van der Waals surface area (Å²) in [5.74, 6) is -0.440. The molecule has 2 aromatic rings. The topological polar surface area (TPSA) is 87.6 Å². The van der Waals surface area contributed by atoms with Crippen LogP contribution in [0, 0.1) is 18.3 Å². The molecular formula is C18H16F3N3O3. The van der Waals surface area contributed by atoms with Crippen LogP contribution >= 0.6 is 0 Å². The molecule has 6 nitrogen and oxygen atoms in total. The average molecular weight is 379 g/mol. The first-order valence-electron chi connectivity index (χ1n) is 7.77. The van der Waals surface area contributed by atoms with Gasteiger partial charge < -0.3 is 9.84 Å². The van der Waals surface area contributed by atoms with Crippen LogP contribution in [0.2, 0.25) is 0 Å². The Kier molecular flexibility index (Phi) is 6.02. The minimum absolute atomic E-state index is 0.000521. The van der Waals surface area contributed by atoms with E-state index in [1.165, 1.54) is 26.2 Å². The highest BCUT2D eigenvalue weighted by atomic mass is 19.4. The molecule has 0 spiro atoms. The van der Waals surface area contributed by atoms with Crippen LogP contribution in [0.3, 0.4) is 0 Å². The van der Waals surface area contributed by atoms with Crippen molar-refractivity contribution in [3.63, 3.8) is 0 Å². The normalized spacial score (nSPS) is 11.7. The number of pyridine rings is 1. The predicted molar refractivity (Wildman–Crippen MR) is 92.4 cm³/mol. The van der Waals surface area contributed by atoms with E-state index in [1.54, 1.807) is 6.07 Å². The molecule has 0 radical (unpaired) electrons. The van der Waals surface area contributed by atoms with E-state index in [0.29, 0.717) is 0 Å². The van der Waals surface area contributed by atoms with Crippen molar-refractivity contribution in [1.82, 2.24) is 4.57 Å². The molecule has 0 aliphatic carbocycles. The van der Waals surface area contributed by atoms with Gasteiger partial charge >= 0.3 is 6.18 Å². The molecule has 0 unspecified atom stereocenters. The maximum Gasteiger partial charge on any atom is 0.416 e. The maximum atomic E-state index is 12.8. The van der Waals surface area contributed by atoms with Crippen molar-refractivity contribution in [3.8, 4) is 11.9 Å². The van der Waals surface area contributed by atoms with Crippen molar-refractivity contribution in [2.75, 3.05) is 13.7 Å². The Morgan fingerprint density at radius 3 is 2.70 bits per heavy atom. The van der Waals surface area contributed by atoms with Gasteiger partial charge in [0.2, 0.25) is 5.88 Å². The van der Waals surface area contributed by atoms with E-state index >= 15 is 0 Å². The molecule has 0 saturated heterocycles. The van der Waals surface area contributed by atoms with E-state index in [0.717, 1.165) is 22.9 Å². The first-order chi connectivity index (χ1) is 12.7. The van der Waals surface area contributed by atoms with Gasteiger partial charge in [0.25, 0.3) is 5.56 Å². The van der Waals surface area contributed by atoms with Gasteiger partial charge in [-0.2, -0.15) is 18.4 Å². The number of aliphatic imine (C=N–C) groups is 1. The molecule has 0 aliphatic heterocycles. The Hall–Kier alpha value is -3.12. The van der Waals surface area contributed by atoms with E-state index in [4.69, 9.17) is 4.74 Å². The largest absolute Gasteiger partial charge is 0.494 e. The lowest BCUT2D eigenvalue weighted by Crippen LogP contribution is -2.26. The van der Waals surface area contributed by atoms with Crippen molar-refractivity contribution in [1.29, 1.82) is 5.26 Å². The molecule has 1 aromatic carbocycles. The van der Waals surface area contributed by atoms with Crippen molar-refractivity contribution < 1.29 is 23.0 Å². The van der Waals surface area contributed by atoms with Crippen LogP contribution in [0.25, 0.3) is 0 Å². The predicted octanol–water partition coefficient (Wildman–Crippen LogP) is 3.15. The second-order valence-electron chi connectivity index (χ2n) is 5.60. The smallest absolute Gasteiger partial charge is 0.416 e. The summed E-state index contributed by atoms with van der Waals surface area (Å²) in [5.41, 5.74) is -1.46. The number of aromatic hydroxyl groups is 1. The molecule has 0 atom stereocenters. The summed E-state index contributed by atoms with van der Waals surface area (Å²) in [6.07, 6.45) is -3.38. The zero-order valence-electron chi connectivity index (χ0n) is 14.5. The van der Waals surface area contributed by atoms with Crippen LogP contribution < -0.4 is 5.56 Å². The summed E-state index contributed by atoms with van der Waals surface area (Å²) in [5, 5.41) is 19.6. The maximum absolute atomic E-state index is 12.8. The van der Waals surface area contributed by atoms with Crippen LogP contribution in [0.15, 0.2) is 34.1 Å². The molecule has 1 heterocycles. The first-order valence-corrected chi connectivity index (χ1v) is 7.77. The number of hydrogen-bond acceptors (Lipinski definition) is 5. The number of rotatable bonds is 5. The highest BCUT2D eigenvalue weighted by Crippen LogP contribution is 2.31. The van der Waals surface area contributed by atoms with Crippen molar-refractivity contribution in [2.45, 2.75) is 19.6 Å². The first kappa shape index (κ1) is 20.2. The Balaban J connectivity index is 2.54. The zero-order valence-corrected chi connectivity index (χ0v) is 14.5. The number of halogens is 3. The van der Waals surface area contributed by atoms with Gasteiger partial charge in [-0.3, -0.25) is 14.4 Å². The number of methoxy groups -OCH3 is 1. The van der Waals surface area contributed by atoms with Gasteiger partial charge in [-0.05, 0) is 30.7 Å². The van der Waals surface area contributed by atoms with Gasteiger partial charge in [-0.15, -0.1) is 0 Å². The number of aromatic nitrogens is 1. The van der Waals surface area contributed by atoms with Gasteiger partial charge in [0, 0.05) is 13.3 Å². The molecule has 0 bridgehead atoms. The fourth-order valence-electron chi connectivity index (χ4n) is 2.42. The van der Waals surface area contributed by atoms with Gasteiger partial charge in [-0.1, -0.05) is 6.07 Å². The van der Waals surface area contributed by atoms with Crippen LogP contribution in [0.4, 0.5) is 18.9 Å². The molecule has 0 amide bonds. The lowest BCUT2D eigenvalue weighted by Gasteiger charge is -2.13. The standard InChI is InChI=1S/C18H16F3N3O3/c1-11-14(9-22)16(25)24(6-7-27-2)17(26)15(11)10-23-13-5-3-4-12(8-13)18(19,20)21/h3-5,8,10,26H,6-7H2,1-2H3. The van der Waals surface area contributed by atoms with Gasteiger partial charge in [0.15, 0.2) is 0 Å². The third-order valence-electron chi connectivity index (χ3n) is 3.88. The van der Waals surface area contributed by atoms with E-state index in [2.05, 4.69) is 4.99 Å². The summed E-state index contributed by atoms with van der Waals surface area (Å²) in [7, 11) is 1.41. The molecule has 1 N–H and O–H groups in total. The minimum Gasteiger partial charge on any atom is -0.494 e. The molecule has 2 rings (SSSR count). The number of ether oxygens (including phenoxy) is 1. The van der Waals surface area contributed by atoms with Crippen molar-refractivity contribution in [3.05, 3.63) is 56.9 Å². The zero-order chi connectivity index (χ0) is 20.2. The molecule has 9 heteroatoms. The van der Waals surface area contributed by atoms with Crippen LogP contribution in [0.5, 0.6) is 5.88 Å². The molecule has 142 valence electrons. The summed E-state index contributed by atoms with van der Waals surface area (Å²) >= 11 is 0. The Morgan fingerprint density at radius 2 is 2.11 bits per heavy atom. The van der Waals surface area contributed by atoms with Gasteiger partial charge in [0.1, 0.15) is 11.6 Å². The van der Waals surface area contributed by atoms with Crippen molar-refractivity contribution >= 4 is 11.9 Å². The highest BCUT2D eigenvalue weighted by Gasteiger charge is 2.30. The number of hydrogen-bond donors (Lipinski definition) is 1. The molecular weight excluding hydrogens is 363 g/mol. The van der Waals surface area contributed by atoms with E-state index in [1.807, 2.05) is 0 Å². The second-order valence-corrected chi connectivity index (χ2v) is 5.60. The molecule has 1 aromatic heterocycles. The molecule has 27 heavy (non-hydrogen) atoms. The summed E-state index contributed by atoms with van der Waals surface area (Å²) in [4.78, 5) is 16.2. The second kappa shape index (κ2) is 8.05. The quantitative estimate of drug-likeness (QED) is 0.809. The Bertz CT molecular complexity index is 973. The Labute approximate surface area is 152 Å². The molecule has 0 aliphatic rings. The Morgan fingerprint density at radius 1 is 1.41 bits per heavy atom. The fraction of sp³-hybridized carbons (Fsp3) is 0.278. The van der Waals surface area contributed by atoms with Crippen LogP contribution in [-0.4, -0.2) is 29.6 Å². The number of alkyl halides is 3. The van der Waals surface area contributed by atoms with E-state index in [-0.39, 0.29) is 35.5 Å². The SMILES string of the molecule is COCCn1c(O)c(C=Nc2cccc(C(F)(F)F)c2)c(C)c(C#N)c1=O. The fourth-order valence-corrected chi connectivity index (χ4v) is 2.42. The lowest BCUT2D eigenvalue weighted by molar-refractivity contribution is -0.137. The third kappa shape index (κ3) is 4.35. The van der Waals surface area contributed by atoms with Gasteiger partial charge in [-0.25, -0.2) is 0 Å². The lowest BCUT2D eigenvalue weighted by atomic mass is 10.1. The summed E-state index contributed by atoms with van der Waals surface area (Å²) in [6.45, 7) is 1.57. The van der Waals surface area contributed by atoms with Crippen LogP contribution in [0.1, 0.15) is 22.3 Å². The van der Waals surface area contributed by atoms with Crippen molar-refractivity contribution in [2.24, 2.45) is 4.99 Å². The van der Waals surface area contributed by atoms with E-state index < -0.39 is 23.2 Å². The minimum atomic E-state index is -4.51. The molecule has 0 fully saturated rings. The monoisotopic (exact) mass is 379 g/mol. The number of nitrogens with zero attached hydrogens (tertiary/aromatic N) is 3. The molecule has 0 saturated carbocycles. The average Bonchev–Trinajstić information content (AvgIpc) is 2.61. The highest BCUT2D eigenvalue weighted by molar-refractivity contribution is 5.87. The summed E-state index contributed by atoms with van der Waals surface area (Å²) < 4.78 is 44.2. The van der Waals surface area contributed by atoms with Crippen LogP contribution in [-0.2, 0) is 17.5 Å². The van der Waals surface area contributed by atoms with E-state index in [9.17, 15) is 28.3 Å². The third-order valence-corrected chi connectivity index (χ3v) is 3.88. The van der Waals surface area contributed by atoms with Gasteiger partial charge in [0.05, 0.1) is 30.0 Å².